The number of carbonyl (C=O) groups is 2. The minimum absolute atomic E-state index is 0.0415. The van der Waals surface area contributed by atoms with Crippen LogP contribution in [0.15, 0.2) is 24.3 Å². The molecule has 1 saturated heterocycles. The Morgan fingerprint density at radius 2 is 2.04 bits per heavy atom. The van der Waals surface area contributed by atoms with Crippen LogP contribution in [0.2, 0.25) is 5.02 Å². The van der Waals surface area contributed by atoms with Crippen LogP contribution in [-0.2, 0) is 9.59 Å². The smallest absolute Gasteiger partial charge is 0.233 e. The molecule has 1 aliphatic heterocycles. The highest BCUT2D eigenvalue weighted by molar-refractivity contribution is 6.30. The molecule has 3 rings (SSSR count). The van der Waals surface area contributed by atoms with Crippen LogP contribution in [0.1, 0.15) is 30.7 Å². The molecule has 2 aliphatic rings. The molecule has 130 valence electrons. The van der Waals surface area contributed by atoms with Gasteiger partial charge in [-0.2, -0.15) is 0 Å². The molecule has 2 amide bonds. The van der Waals surface area contributed by atoms with Crippen LogP contribution in [0.4, 0.5) is 0 Å². The topological polar surface area (TPSA) is 61.4 Å². The second-order valence-electron chi connectivity index (χ2n) is 6.74. The summed E-state index contributed by atoms with van der Waals surface area (Å²) in [5.74, 6) is 0.578. The minimum Gasteiger partial charge on any atom is -0.358 e. The molecule has 2 N–H and O–H groups in total. The van der Waals surface area contributed by atoms with Crippen molar-refractivity contribution in [2.75, 3.05) is 26.7 Å². The second-order valence-corrected chi connectivity index (χ2v) is 7.17. The fraction of sp³-hybridized carbons (Fsp3) is 0.556. The highest BCUT2D eigenvalue weighted by atomic mass is 35.5. The molecule has 5 nitrogen and oxygen atoms in total. The average molecular weight is 350 g/mol. The normalized spacial score (nSPS) is 24.4. The first kappa shape index (κ1) is 17.2. The van der Waals surface area contributed by atoms with Crippen molar-refractivity contribution in [2.45, 2.75) is 31.2 Å². The van der Waals surface area contributed by atoms with Gasteiger partial charge < -0.3 is 10.6 Å². The molecule has 1 aromatic rings. The third-order valence-corrected chi connectivity index (χ3v) is 5.22. The Labute approximate surface area is 147 Å². The first-order chi connectivity index (χ1) is 11.6. The number of likely N-dealkylation sites (N-methyl/N-ethyl adjacent to an activating group) is 1. The summed E-state index contributed by atoms with van der Waals surface area (Å²) in [6.45, 7) is 2.14. The molecule has 0 unspecified atom stereocenters. The first-order valence-corrected chi connectivity index (χ1v) is 8.93. The summed E-state index contributed by atoms with van der Waals surface area (Å²) >= 11 is 6.03. The molecule has 0 aromatic heterocycles. The lowest BCUT2D eigenvalue weighted by atomic mass is 10.0. The number of benzene rings is 1. The zero-order valence-electron chi connectivity index (χ0n) is 13.9. The standard InChI is InChI=1S/C18H24ClN3O2/c1-20-17(23)11-22-7-5-14(6-8-22)21-18(24)16-10-15(16)12-3-2-4-13(19)9-12/h2-4,9,14-16H,5-8,10-11H2,1H3,(H,20,23)(H,21,24)/t15-,16+/m1/s1. The molecular formula is C18H24ClN3O2. The molecule has 2 atom stereocenters. The molecular weight excluding hydrogens is 326 g/mol. The number of nitrogens with one attached hydrogen (secondary N) is 2. The van der Waals surface area contributed by atoms with Gasteiger partial charge in [-0.3, -0.25) is 14.5 Å². The van der Waals surface area contributed by atoms with Crippen molar-refractivity contribution >= 4 is 23.4 Å². The van der Waals surface area contributed by atoms with E-state index in [1.54, 1.807) is 7.05 Å². The molecule has 0 radical (unpaired) electrons. The fourth-order valence-corrected chi connectivity index (χ4v) is 3.61. The van der Waals surface area contributed by atoms with Crippen molar-refractivity contribution in [2.24, 2.45) is 5.92 Å². The van der Waals surface area contributed by atoms with E-state index in [0.29, 0.717) is 12.5 Å². The molecule has 0 bridgehead atoms. The first-order valence-electron chi connectivity index (χ1n) is 8.55. The maximum atomic E-state index is 12.4. The number of rotatable bonds is 5. The number of piperidine rings is 1. The maximum absolute atomic E-state index is 12.4. The van der Waals surface area contributed by atoms with E-state index in [9.17, 15) is 9.59 Å². The molecule has 1 aliphatic carbocycles. The number of nitrogens with zero attached hydrogens (tertiary/aromatic N) is 1. The predicted molar refractivity (Wildman–Crippen MR) is 94.0 cm³/mol. The summed E-state index contributed by atoms with van der Waals surface area (Å²) in [5.41, 5.74) is 1.16. The highest BCUT2D eigenvalue weighted by Crippen LogP contribution is 2.48. The summed E-state index contributed by atoms with van der Waals surface area (Å²) in [7, 11) is 1.65. The van der Waals surface area contributed by atoms with Crippen molar-refractivity contribution in [3.8, 4) is 0 Å². The van der Waals surface area contributed by atoms with E-state index >= 15 is 0 Å². The SMILES string of the molecule is CNC(=O)CN1CCC(NC(=O)[C@H]2C[C@@H]2c2cccc(Cl)c2)CC1. The quantitative estimate of drug-likeness (QED) is 0.851. The Bertz CT molecular complexity index is 614. The highest BCUT2D eigenvalue weighted by Gasteiger charge is 2.44. The Balaban J connectivity index is 1.43. The third kappa shape index (κ3) is 4.28. The van der Waals surface area contributed by atoms with E-state index in [1.165, 1.54) is 0 Å². The second kappa shape index (κ2) is 7.53. The van der Waals surface area contributed by atoms with Gasteiger partial charge in [0, 0.05) is 37.1 Å². The third-order valence-electron chi connectivity index (χ3n) is 4.98. The summed E-state index contributed by atoms with van der Waals surface area (Å²) in [4.78, 5) is 26.0. The number of likely N-dealkylation sites (tertiary alicyclic amines) is 1. The van der Waals surface area contributed by atoms with E-state index in [4.69, 9.17) is 11.6 Å². The monoisotopic (exact) mass is 349 g/mol. The number of hydrogen-bond acceptors (Lipinski definition) is 3. The van der Waals surface area contributed by atoms with Crippen molar-refractivity contribution in [3.63, 3.8) is 0 Å². The van der Waals surface area contributed by atoms with Gasteiger partial charge in [-0.15, -0.1) is 0 Å². The van der Waals surface area contributed by atoms with Gasteiger partial charge in [-0.1, -0.05) is 23.7 Å². The van der Waals surface area contributed by atoms with Crippen molar-refractivity contribution in [3.05, 3.63) is 34.9 Å². The van der Waals surface area contributed by atoms with Gasteiger partial charge >= 0.3 is 0 Å². The molecule has 1 heterocycles. The molecule has 0 spiro atoms. The predicted octanol–water partition coefficient (Wildman–Crippen LogP) is 1.77. The molecule has 24 heavy (non-hydrogen) atoms. The summed E-state index contributed by atoms with van der Waals surface area (Å²) in [6.07, 6.45) is 2.70. The minimum atomic E-state index is 0.0415. The van der Waals surface area contributed by atoms with Gasteiger partial charge in [0.25, 0.3) is 0 Å². The maximum Gasteiger partial charge on any atom is 0.233 e. The number of amides is 2. The largest absolute Gasteiger partial charge is 0.358 e. The Hall–Kier alpha value is -1.59. The van der Waals surface area contributed by atoms with Gasteiger partial charge in [-0.05, 0) is 42.9 Å². The van der Waals surface area contributed by atoms with Crippen LogP contribution in [0, 0.1) is 5.92 Å². The van der Waals surface area contributed by atoms with Crippen LogP contribution in [-0.4, -0.2) is 49.4 Å². The number of halogens is 1. The van der Waals surface area contributed by atoms with E-state index < -0.39 is 0 Å². The van der Waals surface area contributed by atoms with Gasteiger partial charge in [0.2, 0.25) is 11.8 Å². The molecule has 1 aromatic carbocycles. The lowest BCUT2D eigenvalue weighted by molar-refractivity contribution is -0.124. The van der Waals surface area contributed by atoms with Gasteiger partial charge in [-0.25, -0.2) is 0 Å². The molecule has 2 fully saturated rings. The molecule has 6 heteroatoms. The summed E-state index contributed by atoms with van der Waals surface area (Å²) in [5, 5.41) is 6.55. The Kier molecular flexibility index (Phi) is 5.41. The zero-order valence-corrected chi connectivity index (χ0v) is 14.7. The van der Waals surface area contributed by atoms with Gasteiger partial charge in [0.1, 0.15) is 0 Å². The van der Waals surface area contributed by atoms with Crippen molar-refractivity contribution in [1.29, 1.82) is 0 Å². The van der Waals surface area contributed by atoms with E-state index in [0.717, 1.165) is 42.9 Å². The molecule has 1 saturated carbocycles. The Morgan fingerprint density at radius 3 is 2.71 bits per heavy atom. The fourth-order valence-electron chi connectivity index (χ4n) is 3.42. The van der Waals surface area contributed by atoms with Crippen LogP contribution in [0.3, 0.4) is 0 Å². The number of hydrogen-bond donors (Lipinski definition) is 2. The lowest BCUT2D eigenvalue weighted by Gasteiger charge is -2.31. The van der Waals surface area contributed by atoms with E-state index in [1.807, 2.05) is 24.3 Å². The van der Waals surface area contributed by atoms with Crippen LogP contribution >= 0.6 is 11.6 Å². The number of carbonyl (C=O) groups excluding carboxylic acids is 2. The summed E-state index contributed by atoms with van der Waals surface area (Å²) in [6, 6.07) is 8.01. The van der Waals surface area contributed by atoms with Crippen LogP contribution in [0.25, 0.3) is 0 Å². The van der Waals surface area contributed by atoms with E-state index in [2.05, 4.69) is 15.5 Å². The van der Waals surface area contributed by atoms with Gasteiger partial charge in [0.05, 0.1) is 6.54 Å². The van der Waals surface area contributed by atoms with Crippen LogP contribution in [0.5, 0.6) is 0 Å². The van der Waals surface area contributed by atoms with Crippen LogP contribution < -0.4 is 10.6 Å². The average Bonchev–Trinajstić information content (AvgIpc) is 3.37. The van der Waals surface area contributed by atoms with Crippen molar-refractivity contribution < 1.29 is 9.59 Å². The van der Waals surface area contributed by atoms with Crippen molar-refractivity contribution in [1.82, 2.24) is 15.5 Å². The van der Waals surface area contributed by atoms with E-state index in [-0.39, 0.29) is 23.8 Å². The summed E-state index contributed by atoms with van der Waals surface area (Å²) < 4.78 is 0. The lowest BCUT2D eigenvalue weighted by Crippen LogP contribution is -2.47. The zero-order chi connectivity index (χ0) is 17.1. The Morgan fingerprint density at radius 1 is 1.29 bits per heavy atom. The van der Waals surface area contributed by atoms with Gasteiger partial charge in [0.15, 0.2) is 0 Å².